The van der Waals surface area contributed by atoms with Crippen LogP contribution in [0, 0.1) is 5.92 Å². The molecule has 2 heterocycles. The fraction of sp³-hybridized carbons (Fsp3) is 0.500. The smallest absolute Gasteiger partial charge is 0.255 e. The third-order valence-corrected chi connectivity index (χ3v) is 4.92. The summed E-state index contributed by atoms with van der Waals surface area (Å²) in [5, 5.41) is 10.1. The van der Waals surface area contributed by atoms with Gasteiger partial charge in [0.05, 0.1) is 24.5 Å². The highest BCUT2D eigenvalue weighted by Crippen LogP contribution is 2.18. The number of ether oxygens (including phenoxy) is 1. The van der Waals surface area contributed by atoms with Crippen LogP contribution in [0.1, 0.15) is 36.5 Å². The van der Waals surface area contributed by atoms with E-state index < -0.39 is 0 Å². The molecule has 0 radical (unpaired) electrons. The highest BCUT2D eigenvalue weighted by Gasteiger charge is 2.23. The van der Waals surface area contributed by atoms with Crippen molar-refractivity contribution in [3.05, 3.63) is 57.3 Å². The van der Waals surface area contributed by atoms with Crippen molar-refractivity contribution in [1.29, 1.82) is 0 Å². The van der Waals surface area contributed by atoms with Gasteiger partial charge in [-0.05, 0) is 23.6 Å². The Morgan fingerprint density at radius 1 is 1.38 bits per heavy atom. The number of aliphatic hydroxyl groups is 1. The van der Waals surface area contributed by atoms with E-state index in [1.807, 2.05) is 38.1 Å². The van der Waals surface area contributed by atoms with Crippen molar-refractivity contribution in [2.45, 2.75) is 39.3 Å². The van der Waals surface area contributed by atoms with Crippen molar-refractivity contribution in [3.63, 3.8) is 0 Å². The molecule has 0 saturated carbocycles. The van der Waals surface area contributed by atoms with Crippen LogP contribution in [0.5, 0.6) is 5.75 Å². The highest BCUT2D eigenvalue weighted by atomic mass is 16.5. The molecule has 0 aliphatic carbocycles. The number of aromatic amines is 1. The Kier molecular flexibility index (Phi) is 5.74. The molecule has 3 rings (SSSR count). The van der Waals surface area contributed by atoms with E-state index >= 15 is 0 Å². The number of rotatable bonds is 6. The predicted octanol–water partition coefficient (Wildman–Crippen LogP) is 1.74. The second kappa shape index (κ2) is 8.01. The molecule has 0 bridgehead atoms. The van der Waals surface area contributed by atoms with E-state index in [1.54, 1.807) is 7.11 Å². The number of aliphatic hydroxyl groups excluding tert-OH is 1. The van der Waals surface area contributed by atoms with E-state index in [4.69, 9.17) is 4.74 Å². The normalized spacial score (nSPS) is 15.7. The molecule has 1 atom stereocenters. The van der Waals surface area contributed by atoms with Crippen molar-refractivity contribution in [1.82, 2.24) is 14.9 Å². The Labute approximate surface area is 153 Å². The van der Waals surface area contributed by atoms with Crippen molar-refractivity contribution in [2.24, 2.45) is 5.92 Å². The number of hydrogen-bond acceptors (Lipinski definition) is 5. The topological polar surface area (TPSA) is 78.5 Å². The maximum absolute atomic E-state index is 12.6. The van der Waals surface area contributed by atoms with Crippen LogP contribution in [0.15, 0.2) is 29.1 Å². The molecule has 1 aliphatic rings. The quantitative estimate of drug-likeness (QED) is 0.823. The molecule has 0 saturated heterocycles. The Morgan fingerprint density at radius 3 is 2.92 bits per heavy atom. The number of nitrogens with zero attached hydrogens (tertiary/aromatic N) is 2. The summed E-state index contributed by atoms with van der Waals surface area (Å²) in [5.74, 6) is 1.68. The summed E-state index contributed by atoms with van der Waals surface area (Å²) in [7, 11) is 1.64. The van der Waals surface area contributed by atoms with Crippen LogP contribution in [-0.4, -0.2) is 46.3 Å². The molecule has 1 aromatic carbocycles. The predicted molar refractivity (Wildman–Crippen MR) is 100 cm³/mol. The van der Waals surface area contributed by atoms with E-state index in [0.29, 0.717) is 25.3 Å². The molecule has 1 aromatic heterocycles. The van der Waals surface area contributed by atoms with Crippen molar-refractivity contribution in [2.75, 3.05) is 20.2 Å². The first-order valence-corrected chi connectivity index (χ1v) is 9.10. The van der Waals surface area contributed by atoms with Crippen LogP contribution in [0.25, 0.3) is 0 Å². The summed E-state index contributed by atoms with van der Waals surface area (Å²) in [5.41, 5.74) is 2.57. The second-order valence-corrected chi connectivity index (χ2v) is 7.26. The van der Waals surface area contributed by atoms with Crippen LogP contribution < -0.4 is 10.3 Å². The number of nitrogens with one attached hydrogen (secondary N) is 1. The minimum Gasteiger partial charge on any atom is -0.497 e. The zero-order chi connectivity index (χ0) is 18.7. The SMILES string of the molecule is COc1cccc(Cc2nc3c(c(=O)[nH]2)CN(CC(O)C(C)C)CC3)c1. The molecule has 140 valence electrons. The zero-order valence-corrected chi connectivity index (χ0v) is 15.7. The van der Waals surface area contributed by atoms with Gasteiger partial charge in [0.1, 0.15) is 11.6 Å². The summed E-state index contributed by atoms with van der Waals surface area (Å²) < 4.78 is 5.25. The van der Waals surface area contributed by atoms with Crippen molar-refractivity contribution >= 4 is 0 Å². The van der Waals surface area contributed by atoms with Gasteiger partial charge in [0.25, 0.3) is 5.56 Å². The molecular formula is C20H27N3O3. The van der Waals surface area contributed by atoms with Gasteiger partial charge in [-0.15, -0.1) is 0 Å². The van der Waals surface area contributed by atoms with E-state index in [-0.39, 0.29) is 17.6 Å². The minimum absolute atomic E-state index is 0.0726. The lowest BCUT2D eigenvalue weighted by atomic mass is 10.0. The molecule has 0 spiro atoms. The highest BCUT2D eigenvalue weighted by molar-refractivity contribution is 5.31. The van der Waals surface area contributed by atoms with Crippen LogP contribution in [0.2, 0.25) is 0 Å². The van der Waals surface area contributed by atoms with Gasteiger partial charge in [0.15, 0.2) is 0 Å². The molecule has 6 heteroatoms. The van der Waals surface area contributed by atoms with Crippen LogP contribution in [0.3, 0.4) is 0 Å². The Hall–Kier alpha value is -2.18. The lowest BCUT2D eigenvalue weighted by Gasteiger charge is -2.30. The maximum Gasteiger partial charge on any atom is 0.255 e. The van der Waals surface area contributed by atoms with Crippen LogP contribution in [-0.2, 0) is 19.4 Å². The van der Waals surface area contributed by atoms with Gasteiger partial charge in [0, 0.05) is 32.5 Å². The molecule has 2 aromatic rings. The van der Waals surface area contributed by atoms with Gasteiger partial charge >= 0.3 is 0 Å². The van der Waals surface area contributed by atoms with Crippen molar-refractivity contribution < 1.29 is 9.84 Å². The fourth-order valence-electron chi connectivity index (χ4n) is 3.22. The summed E-state index contributed by atoms with van der Waals surface area (Å²) in [6.07, 6.45) is 0.918. The first kappa shape index (κ1) is 18.6. The van der Waals surface area contributed by atoms with Crippen LogP contribution in [0.4, 0.5) is 0 Å². The summed E-state index contributed by atoms with van der Waals surface area (Å²) in [4.78, 5) is 22.3. The average Bonchev–Trinajstić information content (AvgIpc) is 2.62. The van der Waals surface area contributed by atoms with E-state index in [2.05, 4.69) is 14.9 Å². The lowest BCUT2D eigenvalue weighted by Crippen LogP contribution is -2.41. The Morgan fingerprint density at radius 2 is 2.19 bits per heavy atom. The number of fused-ring (bicyclic) bond motifs is 1. The summed E-state index contributed by atoms with van der Waals surface area (Å²) in [6.45, 7) is 5.94. The van der Waals surface area contributed by atoms with Crippen molar-refractivity contribution in [3.8, 4) is 5.75 Å². The van der Waals surface area contributed by atoms with E-state index in [9.17, 15) is 9.90 Å². The molecular weight excluding hydrogens is 330 g/mol. The van der Waals surface area contributed by atoms with Gasteiger partial charge < -0.3 is 14.8 Å². The Balaban J connectivity index is 1.76. The maximum atomic E-state index is 12.6. The molecule has 2 N–H and O–H groups in total. The second-order valence-electron chi connectivity index (χ2n) is 7.26. The molecule has 0 fully saturated rings. The van der Waals surface area contributed by atoms with Crippen LogP contribution >= 0.6 is 0 Å². The molecule has 0 amide bonds. The minimum atomic E-state index is -0.379. The third kappa shape index (κ3) is 4.31. The monoisotopic (exact) mass is 357 g/mol. The van der Waals surface area contributed by atoms with E-state index in [0.717, 1.165) is 35.5 Å². The molecule has 26 heavy (non-hydrogen) atoms. The van der Waals surface area contributed by atoms with Gasteiger partial charge in [-0.3, -0.25) is 9.69 Å². The van der Waals surface area contributed by atoms with Gasteiger partial charge in [-0.25, -0.2) is 4.98 Å². The van der Waals surface area contributed by atoms with E-state index in [1.165, 1.54) is 0 Å². The number of aromatic nitrogens is 2. The van der Waals surface area contributed by atoms with Gasteiger partial charge in [0.2, 0.25) is 0 Å². The number of β-amino-alcohol motifs (C(OH)–C–C–N with tert-alkyl or cyclic N) is 1. The molecule has 1 unspecified atom stereocenters. The average molecular weight is 357 g/mol. The Bertz CT molecular complexity index is 816. The molecule has 1 aliphatic heterocycles. The number of benzene rings is 1. The number of H-pyrrole nitrogens is 1. The third-order valence-electron chi connectivity index (χ3n) is 4.92. The number of hydrogen-bond donors (Lipinski definition) is 2. The first-order chi connectivity index (χ1) is 12.5. The lowest BCUT2D eigenvalue weighted by molar-refractivity contribution is 0.0704. The van der Waals surface area contributed by atoms with Gasteiger partial charge in [-0.2, -0.15) is 0 Å². The van der Waals surface area contributed by atoms with Gasteiger partial charge in [-0.1, -0.05) is 26.0 Å². The standard InChI is InChI=1S/C20H27N3O3/c1-13(2)18(24)12-23-8-7-17-16(11-23)20(25)22-19(21-17)10-14-5-4-6-15(9-14)26-3/h4-6,9,13,18,24H,7-8,10-12H2,1-3H3,(H,21,22,25). The number of methoxy groups -OCH3 is 1. The zero-order valence-electron chi connectivity index (χ0n) is 15.7. The summed E-state index contributed by atoms with van der Waals surface area (Å²) >= 11 is 0. The molecule has 6 nitrogen and oxygen atoms in total. The largest absolute Gasteiger partial charge is 0.497 e. The first-order valence-electron chi connectivity index (χ1n) is 9.10. The fourth-order valence-corrected chi connectivity index (χ4v) is 3.22. The summed E-state index contributed by atoms with van der Waals surface area (Å²) in [6, 6.07) is 7.78.